The Kier molecular flexibility index (Phi) is 14.6. The molecule has 4 aliphatic heterocycles. The molecule has 2 atom stereocenters. The van der Waals surface area contributed by atoms with Crippen LogP contribution in [0.25, 0.3) is 0 Å². The van der Waals surface area contributed by atoms with Crippen LogP contribution in [0, 0.1) is 0 Å². The van der Waals surface area contributed by atoms with E-state index in [4.69, 9.17) is 22.0 Å². The standard InChI is InChI=1S/C24H30N10O5S3.3ClH/c25-4-1-8-39-31-17(14-12-42-24(27)28-14)20(35)29-18-21(36)34-19(23(37)38)13(11-41-22(18)34)10-32-6-7-33-16(32)3-2-15(30-33)40-9-5-26;;;/h2-3,6-7,12,18,22,30H,1,4-5,8-11,25-26H2,(H2,27,28)(H,29,35)(H,37,38);3*1H/b31-17-;;;/t18-,22+;;;/m1.../s1. The highest BCUT2D eigenvalue weighted by Crippen LogP contribution is 2.41. The Morgan fingerprint density at radius 1 is 1.22 bits per heavy atom. The first-order valence-electron chi connectivity index (χ1n) is 12.9. The Bertz CT molecular complexity index is 1420. The maximum atomic E-state index is 13.2. The molecule has 1 saturated heterocycles. The summed E-state index contributed by atoms with van der Waals surface area (Å²) < 4.78 is 0. The maximum absolute atomic E-state index is 13.2. The van der Waals surface area contributed by atoms with Gasteiger partial charge in [-0.05, 0) is 30.7 Å². The number of nitrogens with one attached hydrogen (secondary N) is 2. The van der Waals surface area contributed by atoms with Crippen LogP contribution in [0.2, 0.25) is 0 Å². The van der Waals surface area contributed by atoms with Gasteiger partial charge in [-0.25, -0.2) is 14.8 Å². The van der Waals surface area contributed by atoms with Crippen molar-refractivity contribution in [1.29, 1.82) is 0 Å². The maximum Gasteiger partial charge on any atom is 0.352 e. The minimum absolute atomic E-state index is 0. The number of β-lactam (4-membered cyclic amide) rings is 1. The molecule has 0 radical (unpaired) electrons. The Labute approximate surface area is 289 Å². The van der Waals surface area contributed by atoms with Gasteiger partial charge in [-0.1, -0.05) is 5.16 Å². The molecule has 5 rings (SSSR count). The number of carboxylic acid groups (broad SMARTS) is 1. The number of halogens is 3. The normalized spacial score (nSPS) is 19.9. The van der Waals surface area contributed by atoms with E-state index in [-0.39, 0.29) is 72.6 Å². The molecule has 2 amide bonds. The molecule has 0 spiro atoms. The predicted octanol–water partition coefficient (Wildman–Crippen LogP) is 0.781. The second kappa shape index (κ2) is 17.2. The summed E-state index contributed by atoms with van der Waals surface area (Å²) in [6, 6.07) is -0.953. The molecular weight excluding hydrogens is 711 g/mol. The molecule has 248 valence electrons. The third kappa shape index (κ3) is 8.31. The zero-order chi connectivity index (χ0) is 29.8. The molecule has 9 N–H and O–H groups in total. The van der Waals surface area contributed by atoms with Gasteiger partial charge in [0.15, 0.2) is 10.8 Å². The van der Waals surface area contributed by atoms with E-state index in [1.54, 1.807) is 17.1 Å². The molecule has 5 heterocycles. The average Bonchev–Trinajstić information content (AvgIpc) is 3.59. The van der Waals surface area contributed by atoms with Gasteiger partial charge in [-0.15, -0.1) is 72.1 Å². The van der Waals surface area contributed by atoms with Gasteiger partial charge in [0, 0.05) is 42.4 Å². The summed E-state index contributed by atoms with van der Waals surface area (Å²) in [5.41, 5.74) is 20.7. The minimum Gasteiger partial charge on any atom is -0.477 e. The molecule has 1 aromatic rings. The molecule has 0 unspecified atom stereocenters. The number of allylic oxidation sites excluding steroid dienone is 2. The number of anilines is 1. The summed E-state index contributed by atoms with van der Waals surface area (Å²) in [5.74, 6) is -0.476. The molecule has 21 heteroatoms. The fourth-order valence-corrected chi connectivity index (χ4v) is 7.02. The lowest BCUT2D eigenvalue weighted by Gasteiger charge is -2.49. The van der Waals surface area contributed by atoms with E-state index in [0.29, 0.717) is 30.8 Å². The zero-order valence-corrected chi connectivity index (χ0v) is 28.4. The number of hydrogen-bond acceptors (Lipinski definition) is 15. The first-order chi connectivity index (χ1) is 20.3. The van der Waals surface area contributed by atoms with E-state index in [1.165, 1.54) is 16.7 Å². The van der Waals surface area contributed by atoms with Crippen LogP contribution in [0.4, 0.5) is 5.13 Å². The molecule has 1 fully saturated rings. The van der Waals surface area contributed by atoms with Gasteiger partial charge in [-0.3, -0.25) is 19.9 Å². The van der Waals surface area contributed by atoms with Crippen molar-refractivity contribution in [2.45, 2.75) is 17.8 Å². The summed E-state index contributed by atoms with van der Waals surface area (Å²) in [4.78, 5) is 51.3. The summed E-state index contributed by atoms with van der Waals surface area (Å²) in [6.07, 6.45) is 8.09. The van der Waals surface area contributed by atoms with Crippen LogP contribution in [-0.2, 0) is 19.2 Å². The summed E-state index contributed by atoms with van der Waals surface area (Å²) in [7, 11) is 0. The lowest BCUT2D eigenvalue weighted by atomic mass is 10.0. The van der Waals surface area contributed by atoms with E-state index >= 15 is 0 Å². The first kappa shape index (κ1) is 38.3. The van der Waals surface area contributed by atoms with Crippen LogP contribution < -0.4 is 27.9 Å². The SMILES string of the molecule is Cl.Cl.Cl.NCCCO/N=C(\C(=O)N[C@@H]1C(=O)N2C(C(=O)O)=C(CN3C=CN4NC(SCCN)=CC=C34)CS[C@@H]12)c1csc(N)n1. The van der Waals surface area contributed by atoms with Crippen molar-refractivity contribution in [3.05, 3.63) is 57.7 Å². The Balaban J connectivity index is 0.00000235. The number of aliphatic carboxylic acids is 1. The van der Waals surface area contributed by atoms with Crippen LogP contribution in [0.1, 0.15) is 12.1 Å². The third-order valence-electron chi connectivity index (χ3n) is 6.40. The van der Waals surface area contributed by atoms with Crippen molar-refractivity contribution in [2.75, 3.05) is 43.5 Å². The van der Waals surface area contributed by atoms with E-state index in [2.05, 4.69) is 20.9 Å². The third-order valence-corrected chi connectivity index (χ3v) is 9.39. The first-order valence-corrected chi connectivity index (χ1v) is 15.8. The highest BCUT2D eigenvalue weighted by molar-refractivity contribution is 8.03. The van der Waals surface area contributed by atoms with Crippen molar-refractivity contribution in [1.82, 2.24) is 30.5 Å². The number of fused-ring (bicyclic) bond motifs is 2. The fourth-order valence-electron chi connectivity index (χ4n) is 4.48. The highest BCUT2D eigenvalue weighted by atomic mass is 35.5. The van der Waals surface area contributed by atoms with Crippen molar-refractivity contribution in [2.24, 2.45) is 16.6 Å². The van der Waals surface area contributed by atoms with E-state index < -0.39 is 29.2 Å². The van der Waals surface area contributed by atoms with Crippen LogP contribution in [0.15, 0.2) is 57.2 Å². The Hall–Kier alpha value is -2.84. The number of carbonyl (C=O) groups is 3. The number of nitrogens with two attached hydrogens (primary N) is 3. The fraction of sp³-hybridized carbons (Fsp3) is 0.375. The zero-order valence-electron chi connectivity index (χ0n) is 23.5. The lowest BCUT2D eigenvalue weighted by molar-refractivity contribution is -0.150. The smallest absolute Gasteiger partial charge is 0.352 e. The van der Waals surface area contributed by atoms with Crippen molar-refractivity contribution < 1.29 is 24.3 Å². The average molecular weight is 744 g/mol. The molecule has 45 heavy (non-hydrogen) atoms. The number of carbonyl (C=O) groups excluding carboxylic acids is 2. The Morgan fingerprint density at radius 2 is 2.00 bits per heavy atom. The van der Waals surface area contributed by atoms with Crippen LogP contribution in [-0.4, -0.2) is 97.6 Å². The number of carboxylic acids is 1. The van der Waals surface area contributed by atoms with Crippen molar-refractivity contribution >= 4 is 101 Å². The lowest BCUT2D eigenvalue weighted by Crippen LogP contribution is -2.71. The van der Waals surface area contributed by atoms with Crippen molar-refractivity contribution in [3.63, 3.8) is 0 Å². The van der Waals surface area contributed by atoms with Gasteiger partial charge in [-0.2, -0.15) is 0 Å². The van der Waals surface area contributed by atoms with Crippen LogP contribution in [0.5, 0.6) is 0 Å². The number of nitrogen functional groups attached to an aromatic ring is 1. The largest absolute Gasteiger partial charge is 0.477 e. The van der Waals surface area contributed by atoms with Gasteiger partial charge in [0.05, 0.1) is 5.03 Å². The number of rotatable bonds is 13. The second-order valence-electron chi connectivity index (χ2n) is 9.21. The summed E-state index contributed by atoms with van der Waals surface area (Å²) in [5, 5.41) is 20.7. The molecule has 0 aromatic carbocycles. The highest BCUT2D eigenvalue weighted by Gasteiger charge is 2.54. The second-order valence-corrected chi connectivity index (χ2v) is 12.3. The molecule has 4 aliphatic rings. The summed E-state index contributed by atoms with van der Waals surface area (Å²) in [6.45, 7) is 1.41. The molecule has 0 aliphatic carbocycles. The molecule has 0 saturated carbocycles. The topological polar surface area (TPSA) is 218 Å². The number of amides is 2. The van der Waals surface area contributed by atoms with E-state index in [1.807, 2.05) is 34.5 Å². The van der Waals surface area contributed by atoms with Crippen molar-refractivity contribution in [3.8, 4) is 0 Å². The van der Waals surface area contributed by atoms with Crippen LogP contribution >= 0.6 is 72.1 Å². The van der Waals surface area contributed by atoms with Crippen LogP contribution in [0.3, 0.4) is 0 Å². The van der Waals surface area contributed by atoms with Gasteiger partial charge < -0.3 is 37.4 Å². The molecular formula is C24H33Cl3N10O5S3. The molecule has 15 nitrogen and oxygen atoms in total. The van der Waals surface area contributed by atoms with Gasteiger partial charge in [0.2, 0.25) is 0 Å². The summed E-state index contributed by atoms with van der Waals surface area (Å²) >= 11 is 4.11. The number of aromatic nitrogens is 1. The van der Waals surface area contributed by atoms with Gasteiger partial charge in [0.1, 0.15) is 35.2 Å². The number of hydrazine groups is 1. The van der Waals surface area contributed by atoms with E-state index in [0.717, 1.165) is 27.9 Å². The number of nitrogens with zero attached hydrogens (tertiary/aromatic N) is 5. The quantitative estimate of drug-likeness (QED) is 0.0713. The number of thioether (sulfide) groups is 2. The molecule has 1 aromatic heterocycles. The Morgan fingerprint density at radius 3 is 2.67 bits per heavy atom. The monoisotopic (exact) mass is 742 g/mol. The predicted molar refractivity (Wildman–Crippen MR) is 183 cm³/mol. The number of oxime groups is 1. The minimum atomic E-state index is -1.21. The van der Waals surface area contributed by atoms with Gasteiger partial charge in [0.25, 0.3) is 11.8 Å². The number of thiazole rings is 1. The van der Waals surface area contributed by atoms with E-state index in [9.17, 15) is 19.5 Å². The van der Waals surface area contributed by atoms with Gasteiger partial charge >= 0.3 is 5.97 Å². The molecule has 0 bridgehead atoms. The number of hydrogen-bond donors (Lipinski definition) is 6.